The van der Waals surface area contributed by atoms with Gasteiger partial charge in [-0.25, -0.2) is 10.5 Å². The number of hydrogen-bond donors (Lipinski definition) is 4. The molecule has 0 saturated heterocycles. The van der Waals surface area contributed by atoms with E-state index in [2.05, 4.69) is 15.3 Å². The van der Waals surface area contributed by atoms with Crippen molar-refractivity contribution in [1.82, 2.24) is 20.8 Å². The molecule has 0 fully saturated rings. The number of hydroxylamine groups is 1. The molecule has 118 valence electrons. The van der Waals surface area contributed by atoms with Crippen molar-refractivity contribution < 1.29 is 14.8 Å². The number of nitrogens with zero attached hydrogens (tertiary/aromatic N) is 1. The Balaban J connectivity index is 1.73. The van der Waals surface area contributed by atoms with E-state index in [1.807, 2.05) is 24.3 Å². The van der Waals surface area contributed by atoms with Crippen molar-refractivity contribution in [2.75, 3.05) is 6.54 Å². The first-order valence-corrected chi connectivity index (χ1v) is 7.26. The summed E-state index contributed by atoms with van der Waals surface area (Å²) in [4.78, 5) is 30.4. The average Bonchev–Trinajstić information content (AvgIpc) is 2.96. The van der Waals surface area contributed by atoms with Crippen LogP contribution in [0.1, 0.15) is 23.3 Å². The maximum absolute atomic E-state index is 12.1. The predicted molar refractivity (Wildman–Crippen MR) is 85.1 cm³/mol. The molecule has 0 radical (unpaired) electrons. The van der Waals surface area contributed by atoms with Crippen LogP contribution >= 0.6 is 0 Å². The number of H-pyrrole nitrogens is 1. The van der Waals surface area contributed by atoms with Gasteiger partial charge in [-0.3, -0.25) is 14.8 Å². The summed E-state index contributed by atoms with van der Waals surface area (Å²) in [5, 5.41) is 13.1. The zero-order valence-corrected chi connectivity index (χ0v) is 12.3. The SMILES string of the molecule is O=C(CCCNC(=O)c1cc2c(cn1)[nH]c1ccccc12)NO. The molecule has 1 aromatic carbocycles. The summed E-state index contributed by atoms with van der Waals surface area (Å²) < 4.78 is 0. The quantitative estimate of drug-likeness (QED) is 0.327. The van der Waals surface area contributed by atoms with E-state index in [1.165, 1.54) is 0 Å². The van der Waals surface area contributed by atoms with Crippen molar-refractivity contribution in [3.05, 3.63) is 42.2 Å². The standard InChI is InChI=1S/C16H16N4O3/c21-15(20-23)6-3-7-17-16(22)13-8-11-10-4-1-2-5-12(10)19-14(11)9-18-13/h1-2,4-5,8-9,19,23H,3,6-7H2,(H,17,22)(H,20,21). The summed E-state index contributed by atoms with van der Waals surface area (Å²) in [5.41, 5.74) is 3.75. The number of carbonyl (C=O) groups excluding carboxylic acids is 2. The summed E-state index contributed by atoms with van der Waals surface area (Å²) in [5.74, 6) is -0.765. The van der Waals surface area contributed by atoms with Crippen molar-refractivity contribution >= 4 is 33.6 Å². The second-order valence-electron chi connectivity index (χ2n) is 5.18. The van der Waals surface area contributed by atoms with Crippen molar-refractivity contribution in [3.8, 4) is 0 Å². The molecule has 0 atom stereocenters. The maximum Gasteiger partial charge on any atom is 0.269 e. The van der Waals surface area contributed by atoms with Crippen LogP contribution in [0.15, 0.2) is 36.5 Å². The number of aromatic amines is 1. The van der Waals surface area contributed by atoms with Crippen LogP contribution in [0.2, 0.25) is 0 Å². The lowest BCUT2D eigenvalue weighted by atomic mass is 10.1. The summed E-state index contributed by atoms with van der Waals surface area (Å²) in [6.07, 6.45) is 2.22. The fourth-order valence-corrected chi connectivity index (χ4v) is 2.47. The Hall–Kier alpha value is -2.93. The minimum absolute atomic E-state index is 0.145. The topological polar surface area (TPSA) is 107 Å². The molecule has 7 nitrogen and oxygen atoms in total. The lowest BCUT2D eigenvalue weighted by Gasteiger charge is -2.04. The number of benzene rings is 1. The Morgan fingerprint density at radius 2 is 2.00 bits per heavy atom. The minimum Gasteiger partial charge on any atom is -0.353 e. The summed E-state index contributed by atoms with van der Waals surface area (Å²) >= 11 is 0. The van der Waals surface area contributed by atoms with E-state index >= 15 is 0 Å². The van der Waals surface area contributed by atoms with Gasteiger partial charge in [-0.2, -0.15) is 0 Å². The second kappa shape index (κ2) is 6.45. The Morgan fingerprint density at radius 3 is 2.83 bits per heavy atom. The molecule has 3 rings (SSSR count). The van der Waals surface area contributed by atoms with Crippen molar-refractivity contribution in [2.45, 2.75) is 12.8 Å². The Morgan fingerprint density at radius 1 is 1.17 bits per heavy atom. The van der Waals surface area contributed by atoms with Crippen LogP contribution in [0.4, 0.5) is 0 Å². The molecule has 0 aliphatic carbocycles. The summed E-state index contributed by atoms with van der Waals surface area (Å²) in [7, 11) is 0. The monoisotopic (exact) mass is 312 g/mol. The van der Waals surface area contributed by atoms with Gasteiger partial charge >= 0.3 is 0 Å². The fourth-order valence-electron chi connectivity index (χ4n) is 2.47. The molecule has 23 heavy (non-hydrogen) atoms. The molecule has 2 amide bonds. The molecule has 0 spiro atoms. The van der Waals surface area contributed by atoms with Crippen LogP contribution in [0, 0.1) is 0 Å². The van der Waals surface area contributed by atoms with Gasteiger partial charge in [-0.15, -0.1) is 0 Å². The highest BCUT2D eigenvalue weighted by Gasteiger charge is 2.11. The number of aromatic nitrogens is 2. The summed E-state index contributed by atoms with van der Waals surface area (Å²) in [6.45, 7) is 0.333. The Bertz CT molecular complexity index is 872. The molecule has 0 saturated carbocycles. The molecule has 0 unspecified atom stereocenters. The second-order valence-corrected chi connectivity index (χ2v) is 5.18. The zero-order chi connectivity index (χ0) is 16.2. The molecular weight excluding hydrogens is 296 g/mol. The van der Waals surface area contributed by atoms with E-state index in [0.29, 0.717) is 18.7 Å². The fraction of sp³-hybridized carbons (Fsp3) is 0.188. The van der Waals surface area contributed by atoms with Crippen molar-refractivity contribution in [1.29, 1.82) is 0 Å². The average molecular weight is 312 g/mol. The zero-order valence-electron chi connectivity index (χ0n) is 12.3. The van der Waals surface area contributed by atoms with Gasteiger partial charge in [0.05, 0.1) is 11.7 Å². The van der Waals surface area contributed by atoms with Crippen LogP contribution < -0.4 is 10.8 Å². The number of fused-ring (bicyclic) bond motifs is 3. The minimum atomic E-state index is -0.474. The molecule has 0 bridgehead atoms. The first-order valence-electron chi connectivity index (χ1n) is 7.26. The predicted octanol–water partition coefficient (Wildman–Crippen LogP) is 1.73. The van der Waals surface area contributed by atoms with Gasteiger partial charge in [0, 0.05) is 29.3 Å². The largest absolute Gasteiger partial charge is 0.353 e. The van der Waals surface area contributed by atoms with Crippen LogP contribution in [0.5, 0.6) is 0 Å². The van der Waals surface area contributed by atoms with Gasteiger partial charge < -0.3 is 10.3 Å². The number of rotatable bonds is 5. The third-order valence-electron chi connectivity index (χ3n) is 3.61. The highest BCUT2D eigenvalue weighted by Crippen LogP contribution is 2.24. The van der Waals surface area contributed by atoms with Crippen LogP contribution in [-0.2, 0) is 4.79 Å². The smallest absolute Gasteiger partial charge is 0.269 e. The van der Waals surface area contributed by atoms with Gasteiger partial charge in [0.1, 0.15) is 5.69 Å². The summed E-state index contributed by atoms with van der Waals surface area (Å²) in [6, 6.07) is 9.61. The van der Waals surface area contributed by atoms with Crippen LogP contribution in [-0.4, -0.2) is 33.5 Å². The molecule has 4 N–H and O–H groups in total. The molecule has 2 heterocycles. The molecular formula is C16H16N4O3. The first-order chi connectivity index (χ1) is 11.2. The Labute approximate surface area is 131 Å². The number of hydrogen-bond acceptors (Lipinski definition) is 4. The van der Waals surface area contributed by atoms with E-state index in [0.717, 1.165) is 21.8 Å². The maximum atomic E-state index is 12.1. The lowest BCUT2D eigenvalue weighted by molar-refractivity contribution is -0.129. The van der Waals surface area contributed by atoms with E-state index < -0.39 is 5.91 Å². The van der Waals surface area contributed by atoms with Gasteiger partial charge in [0.25, 0.3) is 5.91 Å². The number of nitrogens with one attached hydrogen (secondary N) is 3. The van der Waals surface area contributed by atoms with Crippen LogP contribution in [0.3, 0.4) is 0 Å². The molecule has 2 aromatic heterocycles. The van der Waals surface area contributed by atoms with Gasteiger partial charge in [-0.1, -0.05) is 18.2 Å². The number of pyridine rings is 1. The van der Waals surface area contributed by atoms with E-state index in [-0.39, 0.29) is 12.3 Å². The van der Waals surface area contributed by atoms with Gasteiger partial charge in [0.15, 0.2) is 0 Å². The third-order valence-corrected chi connectivity index (χ3v) is 3.61. The highest BCUT2D eigenvalue weighted by molar-refractivity contribution is 6.09. The third kappa shape index (κ3) is 3.14. The molecule has 0 aliphatic heterocycles. The van der Waals surface area contributed by atoms with E-state index in [9.17, 15) is 9.59 Å². The molecule has 3 aromatic rings. The van der Waals surface area contributed by atoms with Gasteiger partial charge in [-0.05, 0) is 18.6 Å². The number of amides is 2. The molecule has 0 aliphatic rings. The van der Waals surface area contributed by atoms with E-state index in [1.54, 1.807) is 17.7 Å². The number of carbonyl (C=O) groups is 2. The Kier molecular flexibility index (Phi) is 4.20. The first kappa shape index (κ1) is 15.0. The van der Waals surface area contributed by atoms with E-state index in [4.69, 9.17) is 5.21 Å². The highest BCUT2D eigenvalue weighted by atomic mass is 16.5. The van der Waals surface area contributed by atoms with Crippen molar-refractivity contribution in [3.63, 3.8) is 0 Å². The van der Waals surface area contributed by atoms with Gasteiger partial charge in [0.2, 0.25) is 5.91 Å². The lowest BCUT2D eigenvalue weighted by Crippen LogP contribution is -2.27. The van der Waals surface area contributed by atoms with Crippen molar-refractivity contribution in [2.24, 2.45) is 0 Å². The molecule has 7 heteroatoms. The number of para-hydroxylation sites is 1. The van der Waals surface area contributed by atoms with Crippen LogP contribution in [0.25, 0.3) is 21.8 Å². The normalized spacial score (nSPS) is 10.8.